The van der Waals surface area contributed by atoms with Crippen molar-refractivity contribution in [1.29, 1.82) is 0 Å². The number of aryl methyl sites for hydroxylation is 1. The monoisotopic (exact) mass is 479 g/mol. The number of nitrogens with zero attached hydrogens (tertiary/aromatic N) is 3. The summed E-state index contributed by atoms with van der Waals surface area (Å²) in [4.78, 5) is 35.1. The zero-order valence-electron chi connectivity index (χ0n) is 20.3. The zero-order chi connectivity index (χ0) is 24.2. The number of carbonyl (C=O) groups is 2. The van der Waals surface area contributed by atoms with Gasteiger partial charge in [-0.2, -0.15) is 0 Å². The van der Waals surface area contributed by atoms with Crippen molar-refractivity contribution in [2.75, 3.05) is 13.7 Å². The average Bonchev–Trinajstić information content (AvgIpc) is 3.24. The summed E-state index contributed by atoms with van der Waals surface area (Å²) in [7, 11) is 1.92. The minimum absolute atomic E-state index is 0.102. The van der Waals surface area contributed by atoms with Crippen LogP contribution in [0.25, 0.3) is 0 Å². The number of benzene rings is 1. The quantitative estimate of drug-likeness (QED) is 0.383. The first-order valence-electron chi connectivity index (χ1n) is 12.0. The normalized spacial score (nSPS) is 20.4. The number of hydrogen-bond donors (Lipinski definition) is 0. The number of aliphatic imine (C=N–C) groups is 1. The van der Waals surface area contributed by atoms with Crippen LogP contribution < -0.4 is 0 Å². The number of hydrogen-bond acceptors (Lipinski definition) is 6. The van der Waals surface area contributed by atoms with Crippen LogP contribution in [0.3, 0.4) is 0 Å². The van der Waals surface area contributed by atoms with Crippen LogP contribution in [0.1, 0.15) is 62.6 Å². The molecule has 0 saturated heterocycles. The second kappa shape index (κ2) is 10.6. The Hall–Kier alpha value is -2.80. The van der Waals surface area contributed by atoms with Crippen LogP contribution in [0.15, 0.2) is 64.3 Å². The van der Waals surface area contributed by atoms with Gasteiger partial charge in [0.05, 0.1) is 23.7 Å². The second-order valence-corrected chi connectivity index (χ2v) is 10.0. The van der Waals surface area contributed by atoms with Gasteiger partial charge in [-0.15, -0.1) is 0 Å². The Morgan fingerprint density at radius 1 is 1.21 bits per heavy atom. The smallest absolute Gasteiger partial charge is 0.338 e. The number of ether oxygens (including phenoxy) is 1. The SMILES string of the molecule is C=CCOC(=O)C1=C(C)N=C2SC=C(CC(=O)N(C)C3CCCCC3)N2C1c1ccc(C)cc1. The molecule has 6 nitrogen and oxygen atoms in total. The molecule has 7 heteroatoms. The molecule has 1 fully saturated rings. The van der Waals surface area contributed by atoms with E-state index in [1.54, 1.807) is 6.08 Å². The van der Waals surface area contributed by atoms with Gasteiger partial charge < -0.3 is 14.5 Å². The summed E-state index contributed by atoms with van der Waals surface area (Å²) in [6.45, 7) is 7.66. The molecule has 4 rings (SSSR count). The Balaban J connectivity index is 1.64. The molecule has 1 atom stereocenters. The Morgan fingerprint density at radius 3 is 2.59 bits per heavy atom. The third kappa shape index (κ3) is 4.99. The van der Waals surface area contributed by atoms with Crippen molar-refractivity contribution >= 4 is 28.8 Å². The van der Waals surface area contributed by atoms with Gasteiger partial charge in [0.25, 0.3) is 0 Å². The van der Waals surface area contributed by atoms with E-state index in [0.29, 0.717) is 17.3 Å². The Morgan fingerprint density at radius 2 is 1.91 bits per heavy atom. The van der Waals surface area contributed by atoms with Gasteiger partial charge in [0.15, 0.2) is 5.17 Å². The maximum atomic E-state index is 13.3. The summed E-state index contributed by atoms with van der Waals surface area (Å²) in [6, 6.07) is 8.06. The second-order valence-electron chi connectivity index (χ2n) is 9.16. The van der Waals surface area contributed by atoms with E-state index in [4.69, 9.17) is 9.73 Å². The van der Waals surface area contributed by atoms with E-state index in [1.807, 2.05) is 60.4 Å². The van der Waals surface area contributed by atoms with Crippen molar-refractivity contribution in [3.8, 4) is 0 Å². The molecule has 0 radical (unpaired) electrons. The molecule has 2 aliphatic heterocycles. The van der Waals surface area contributed by atoms with Gasteiger partial charge in [-0.1, -0.05) is 73.5 Å². The molecule has 0 aromatic heterocycles. The molecule has 1 aromatic carbocycles. The van der Waals surface area contributed by atoms with E-state index in [9.17, 15) is 9.59 Å². The largest absolute Gasteiger partial charge is 0.458 e. The minimum atomic E-state index is -0.410. The number of rotatable bonds is 7. The fourth-order valence-corrected chi connectivity index (χ4v) is 5.82. The topological polar surface area (TPSA) is 62.2 Å². The molecule has 0 spiro atoms. The van der Waals surface area contributed by atoms with Crippen LogP contribution in [-0.2, 0) is 14.3 Å². The molecule has 2 heterocycles. The predicted octanol–water partition coefficient (Wildman–Crippen LogP) is 5.48. The van der Waals surface area contributed by atoms with Crippen molar-refractivity contribution in [2.45, 2.75) is 64.5 Å². The highest BCUT2D eigenvalue weighted by atomic mass is 32.2. The molecular weight excluding hydrogens is 446 g/mol. The lowest BCUT2D eigenvalue weighted by Crippen LogP contribution is -2.41. The fraction of sp³-hybridized carbons (Fsp3) is 0.444. The Kier molecular flexibility index (Phi) is 7.61. The van der Waals surface area contributed by atoms with Crippen LogP contribution in [0.5, 0.6) is 0 Å². The van der Waals surface area contributed by atoms with Crippen molar-refractivity contribution in [1.82, 2.24) is 9.80 Å². The molecule has 3 aliphatic rings. The van der Waals surface area contributed by atoms with Gasteiger partial charge in [0.2, 0.25) is 5.91 Å². The Labute approximate surface area is 206 Å². The van der Waals surface area contributed by atoms with Crippen molar-refractivity contribution in [3.63, 3.8) is 0 Å². The van der Waals surface area contributed by atoms with Crippen molar-refractivity contribution in [2.24, 2.45) is 4.99 Å². The zero-order valence-corrected chi connectivity index (χ0v) is 21.1. The summed E-state index contributed by atoms with van der Waals surface area (Å²) < 4.78 is 5.45. The number of allylic oxidation sites excluding steroid dienone is 1. The highest BCUT2D eigenvalue weighted by Gasteiger charge is 2.41. The van der Waals surface area contributed by atoms with E-state index in [-0.39, 0.29) is 18.9 Å². The summed E-state index contributed by atoms with van der Waals surface area (Å²) >= 11 is 1.50. The van der Waals surface area contributed by atoms with Crippen LogP contribution in [0.2, 0.25) is 0 Å². The van der Waals surface area contributed by atoms with Gasteiger partial charge >= 0.3 is 5.97 Å². The average molecular weight is 480 g/mol. The van der Waals surface area contributed by atoms with Crippen LogP contribution >= 0.6 is 11.8 Å². The predicted molar refractivity (Wildman–Crippen MR) is 137 cm³/mol. The van der Waals surface area contributed by atoms with Gasteiger partial charge in [0, 0.05) is 18.8 Å². The fourth-order valence-electron chi connectivity index (χ4n) is 4.86. The highest BCUT2D eigenvalue weighted by molar-refractivity contribution is 8.16. The summed E-state index contributed by atoms with van der Waals surface area (Å²) in [6.07, 6.45) is 7.58. The third-order valence-electron chi connectivity index (χ3n) is 6.79. The first kappa shape index (κ1) is 24.3. The highest BCUT2D eigenvalue weighted by Crippen LogP contribution is 2.45. The first-order valence-corrected chi connectivity index (χ1v) is 12.8. The number of esters is 1. The molecule has 1 saturated carbocycles. The van der Waals surface area contributed by atoms with E-state index in [2.05, 4.69) is 6.58 Å². The Bertz CT molecular complexity index is 1050. The van der Waals surface area contributed by atoms with E-state index in [1.165, 1.54) is 31.0 Å². The van der Waals surface area contributed by atoms with Crippen LogP contribution in [0.4, 0.5) is 0 Å². The molecule has 1 amide bonds. The third-order valence-corrected chi connectivity index (χ3v) is 7.68. The molecule has 34 heavy (non-hydrogen) atoms. The maximum Gasteiger partial charge on any atom is 0.338 e. The molecule has 1 aromatic rings. The number of amidine groups is 1. The van der Waals surface area contributed by atoms with E-state index in [0.717, 1.165) is 34.8 Å². The molecule has 1 unspecified atom stereocenters. The lowest BCUT2D eigenvalue weighted by molar-refractivity contribution is -0.138. The lowest BCUT2D eigenvalue weighted by Gasteiger charge is -2.37. The molecule has 1 aliphatic carbocycles. The van der Waals surface area contributed by atoms with Crippen LogP contribution in [0, 0.1) is 6.92 Å². The molecular formula is C27H33N3O3S. The van der Waals surface area contributed by atoms with Gasteiger partial charge in [-0.3, -0.25) is 4.79 Å². The minimum Gasteiger partial charge on any atom is -0.458 e. The number of thioether (sulfide) groups is 1. The number of fused-ring (bicyclic) bond motifs is 1. The lowest BCUT2D eigenvalue weighted by atomic mass is 9.93. The van der Waals surface area contributed by atoms with E-state index < -0.39 is 12.0 Å². The van der Waals surface area contributed by atoms with Crippen molar-refractivity contribution in [3.05, 3.63) is 70.4 Å². The van der Waals surface area contributed by atoms with Crippen LogP contribution in [-0.4, -0.2) is 46.5 Å². The number of carbonyl (C=O) groups excluding carboxylic acids is 2. The molecule has 0 bridgehead atoms. The van der Waals surface area contributed by atoms with Gasteiger partial charge in [0.1, 0.15) is 6.61 Å². The first-order chi connectivity index (χ1) is 16.4. The molecule has 180 valence electrons. The standard InChI is InChI=1S/C27H33N3O3S/c1-5-15-33-26(32)24-19(3)28-27-30(25(24)20-13-11-18(2)12-14-20)22(17-34-27)16-23(31)29(4)21-9-7-6-8-10-21/h5,11-14,17,21,25H,1,6-10,15-16H2,2-4H3. The number of amides is 1. The van der Waals surface area contributed by atoms with Gasteiger partial charge in [-0.05, 0) is 37.7 Å². The summed E-state index contributed by atoms with van der Waals surface area (Å²) in [5.41, 5.74) is 4.10. The summed E-state index contributed by atoms with van der Waals surface area (Å²) in [5, 5.41) is 2.78. The maximum absolute atomic E-state index is 13.3. The van der Waals surface area contributed by atoms with E-state index >= 15 is 0 Å². The van der Waals surface area contributed by atoms with Crippen molar-refractivity contribution < 1.29 is 14.3 Å². The molecule has 0 N–H and O–H groups in total. The van der Waals surface area contributed by atoms with Gasteiger partial charge in [-0.25, -0.2) is 9.79 Å². The summed E-state index contributed by atoms with van der Waals surface area (Å²) in [5.74, 6) is -0.308.